The first kappa shape index (κ1) is 7.50. The predicted octanol–water partition coefficient (Wildman–Crippen LogP) is 1.27. The Bertz CT molecular complexity index is 490. The Hall–Kier alpha value is -2.15. The molecule has 0 aliphatic rings. The lowest BCUT2D eigenvalue weighted by atomic mass is 10.3. The molecule has 0 aliphatic carbocycles. The van der Waals surface area contributed by atoms with E-state index in [1.54, 1.807) is 10.6 Å². The van der Waals surface area contributed by atoms with Crippen molar-refractivity contribution in [2.24, 2.45) is 0 Å². The number of aromatic nitrogens is 3. The number of hydrogen-bond acceptors (Lipinski definition) is 3. The molecule has 0 amide bonds. The van der Waals surface area contributed by atoms with E-state index in [0.717, 1.165) is 11.3 Å². The fourth-order valence-electron chi connectivity index (χ4n) is 1.12. The maximum absolute atomic E-state index is 8.37. The first-order valence-electron chi connectivity index (χ1n) is 3.77. The van der Waals surface area contributed by atoms with Crippen molar-refractivity contribution < 1.29 is 0 Å². The molecule has 2 aromatic heterocycles. The van der Waals surface area contributed by atoms with Gasteiger partial charge in [0.05, 0.1) is 11.8 Å². The quantitative estimate of drug-likeness (QED) is 0.605. The molecule has 0 saturated heterocycles. The third-order valence-corrected chi connectivity index (χ3v) is 1.66. The van der Waals surface area contributed by atoms with Gasteiger partial charge in [0.1, 0.15) is 6.33 Å². The van der Waals surface area contributed by atoms with Gasteiger partial charge < -0.3 is 0 Å². The lowest BCUT2D eigenvalue weighted by Crippen LogP contribution is -1.91. The first-order chi connectivity index (χ1) is 6.42. The van der Waals surface area contributed by atoms with E-state index < -0.39 is 0 Å². The molecule has 2 heterocycles. The minimum absolute atomic E-state index is 0.778. The van der Waals surface area contributed by atoms with Gasteiger partial charge in [-0.15, -0.1) is 0 Å². The summed E-state index contributed by atoms with van der Waals surface area (Å²) in [6, 6.07) is 7.54. The van der Waals surface area contributed by atoms with Crippen LogP contribution in [0.2, 0.25) is 0 Å². The monoisotopic (exact) mass is 170 g/mol. The Balaban J connectivity index is 2.62. The van der Waals surface area contributed by atoms with Crippen molar-refractivity contribution in [3.8, 4) is 6.07 Å². The molecule has 0 aliphatic heterocycles. The van der Waals surface area contributed by atoms with Gasteiger partial charge >= 0.3 is 0 Å². The second kappa shape index (κ2) is 3.07. The molecule has 2 aromatic rings. The SMILES string of the molecule is N#C/C=C/c1cccc2ncnn12. The van der Waals surface area contributed by atoms with Gasteiger partial charge in [-0.1, -0.05) is 6.07 Å². The highest BCUT2D eigenvalue weighted by Gasteiger charge is 1.96. The maximum Gasteiger partial charge on any atom is 0.155 e. The van der Waals surface area contributed by atoms with Gasteiger partial charge in [-0.25, -0.2) is 9.50 Å². The Morgan fingerprint density at radius 2 is 2.38 bits per heavy atom. The van der Waals surface area contributed by atoms with Gasteiger partial charge in [0.15, 0.2) is 5.65 Å². The van der Waals surface area contributed by atoms with Crippen molar-refractivity contribution in [2.45, 2.75) is 0 Å². The number of nitriles is 1. The van der Waals surface area contributed by atoms with E-state index in [0.29, 0.717) is 0 Å². The second-order valence-corrected chi connectivity index (χ2v) is 2.44. The summed E-state index contributed by atoms with van der Waals surface area (Å²) in [6.07, 6.45) is 4.59. The number of allylic oxidation sites excluding steroid dienone is 1. The number of nitrogens with zero attached hydrogens (tertiary/aromatic N) is 4. The van der Waals surface area contributed by atoms with E-state index in [4.69, 9.17) is 5.26 Å². The van der Waals surface area contributed by atoms with E-state index in [-0.39, 0.29) is 0 Å². The molecule has 0 fully saturated rings. The van der Waals surface area contributed by atoms with Crippen LogP contribution in [0.25, 0.3) is 11.7 Å². The van der Waals surface area contributed by atoms with Crippen LogP contribution in [0.15, 0.2) is 30.6 Å². The second-order valence-electron chi connectivity index (χ2n) is 2.44. The third-order valence-electron chi connectivity index (χ3n) is 1.66. The van der Waals surface area contributed by atoms with Gasteiger partial charge in [0.2, 0.25) is 0 Å². The highest BCUT2D eigenvalue weighted by Crippen LogP contribution is 2.04. The molecule has 0 aromatic carbocycles. The fraction of sp³-hybridized carbons (Fsp3) is 0. The molecule has 0 radical (unpaired) electrons. The summed E-state index contributed by atoms with van der Waals surface area (Å²) in [7, 11) is 0. The summed E-state index contributed by atoms with van der Waals surface area (Å²) in [5, 5.41) is 12.4. The van der Waals surface area contributed by atoms with E-state index in [9.17, 15) is 0 Å². The van der Waals surface area contributed by atoms with E-state index in [1.807, 2.05) is 24.3 Å². The van der Waals surface area contributed by atoms with Crippen molar-refractivity contribution in [3.05, 3.63) is 36.3 Å². The number of pyridine rings is 1. The Kier molecular flexibility index (Phi) is 1.77. The molecule has 13 heavy (non-hydrogen) atoms. The average Bonchev–Trinajstić information content (AvgIpc) is 2.62. The minimum atomic E-state index is 0.778. The van der Waals surface area contributed by atoms with Crippen LogP contribution in [0.3, 0.4) is 0 Å². The highest BCUT2D eigenvalue weighted by atomic mass is 15.3. The molecule has 4 heteroatoms. The summed E-state index contributed by atoms with van der Waals surface area (Å²) >= 11 is 0. The molecule has 62 valence electrons. The van der Waals surface area contributed by atoms with Crippen LogP contribution < -0.4 is 0 Å². The van der Waals surface area contributed by atoms with Crippen molar-refractivity contribution in [1.29, 1.82) is 5.26 Å². The van der Waals surface area contributed by atoms with Crippen molar-refractivity contribution >= 4 is 11.7 Å². The first-order valence-corrected chi connectivity index (χ1v) is 3.77. The molecule has 0 saturated carbocycles. The Labute approximate surface area is 74.8 Å². The predicted molar refractivity (Wildman–Crippen MR) is 47.6 cm³/mol. The number of hydrogen-bond donors (Lipinski definition) is 0. The molecule has 2 rings (SSSR count). The summed E-state index contributed by atoms with van der Waals surface area (Å²) < 4.78 is 1.67. The van der Waals surface area contributed by atoms with Gasteiger partial charge in [-0.05, 0) is 18.2 Å². The molecule has 0 unspecified atom stereocenters. The summed E-state index contributed by atoms with van der Waals surface area (Å²) in [6.45, 7) is 0. The van der Waals surface area contributed by atoms with Crippen molar-refractivity contribution in [3.63, 3.8) is 0 Å². The lowest BCUT2D eigenvalue weighted by molar-refractivity contribution is 0.948. The van der Waals surface area contributed by atoms with Gasteiger partial charge in [0.25, 0.3) is 0 Å². The lowest BCUT2D eigenvalue weighted by Gasteiger charge is -1.95. The van der Waals surface area contributed by atoms with Crippen molar-refractivity contribution in [1.82, 2.24) is 14.6 Å². The zero-order chi connectivity index (χ0) is 9.10. The standard InChI is InChI=1S/C9H6N4/c10-6-2-4-8-3-1-5-9-11-7-12-13(8)9/h1-5,7H/b4-2+. The smallest absolute Gasteiger partial charge is 0.155 e. The molecule has 0 bridgehead atoms. The summed E-state index contributed by atoms with van der Waals surface area (Å²) in [5.74, 6) is 0. The van der Waals surface area contributed by atoms with Crippen molar-refractivity contribution in [2.75, 3.05) is 0 Å². The normalized spacial score (nSPS) is 10.7. The van der Waals surface area contributed by atoms with Crippen LogP contribution >= 0.6 is 0 Å². The van der Waals surface area contributed by atoms with E-state index in [1.165, 1.54) is 12.4 Å². The fourth-order valence-corrected chi connectivity index (χ4v) is 1.12. The molecule has 0 spiro atoms. The third kappa shape index (κ3) is 1.27. The highest BCUT2D eigenvalue weighted by molar-refractivity contribution is 5.52. The topological polar surface area (TPSA) is 54.0 Å². The number of rotatable bonds is 1. The molecule has 0 N–H and O–H groups in total. The van der Waals surface area contributed by atoms with Gasteiger partial charge in [-0.2, -0.15) is 10.4 Å². The van der Waals surface area contributed by atoms with E-state index in [2.05, 4.69) is 10.1 Å². The molecular formula is C9H6N4. The van der Waals surface area contributed by atoms with Crippen LogP contribution in [0, 0.1) is 11.3 Å². The molecular weight excluding hydrogens is 164 g/mol. The minimum Gasteiger partial charge on any atom is -0.215 e. The van der Waals surface area contributed by atoms with Gasteiger partial charge in [0, 0.05) is 6.08 Å². The largest absolute Gasteiger partial charge is 0.215 e. The van der Waals surface area contributed by atoms with Crippen LogP contribution in [-0.2, 0) is 0 Å². The molecule has 4 nitrogen and oxygen atoms in total. The Morgan fingerprint density at radius 1 is 1.46 bits per heavy atom. The van der Waals surface area contributed by atoms with Crippen LogP contribution in [0.4, 0.5) is 0 Å². The van der Waals surface area contributed by atoms with Crippen LogP contribution in [0.5, 0.6) is 0 Å². The Morgan fingerprint density at radius 3 is 3.23 bits per heavy atom. The summed E-state index contributed by atoms with van der Waals surface area (Å²) in [5.41, 5.74) is 1.62. The number of fused-ring (bicyclic) bond motifs is 1. The zero-order valence-electron chi connectivity index (χ0n) is 6.75. The maximum atomic E-state index is 8.37. The average molecular weight is 170 g/mol. The zero-order valence-corrected chi connectivity index (χ0v) is 6.75. The van der Waals surface area contributed by atoms with E-state index >= 15 is 0 Å². The molecule has 0 atom stereocenters. The summed E-state index contributed by atoms with van der Waals surface area (Å²) in [4.78, 5) is 4.02. The van der Waals surface area contributed by atoms with Gasteiger partial charge in [-0.3, -0.25) is 0 Å². The van der Waals surface area contributed by atoms with Crippen LogP contribution in [-0.4, -0.2) is 14.6 Å². The van der Waals surface area contributed by atoms with Crippen LogP contribution in [0.1, 0.15) is 5.69 Å².